The first-order chi connectivity index (χ1) is 8.58. The Morgan fingerprint density at radius 1 is 1.28 bits per heavy atom. The van der Waals surface area contributed by atoms with Gasteiger partial charge < -0.3 is 10.6 Å². The number of nitrogens with zero attached hydrogens (tertiary/aromatic N) is 1. The molecule has 0 aromatic heterocycles. The topological polar surface area (TPSA) is 46.3 Å². The summed E-state index contributed by atoms with van der Waals surface area (Å²) in [5.74, 6) is 0.557. The van der Waals surface area contributed by atoms with Gasteiger partial charge in [0, 0.05) is 13.1 Å². The summed E-state index contributed by atoms with van der Waals surface area (Å²) in [4.78, 5) is 13.5. The van der Waals surface area contributed by atoms with E-state index in [0.717, 1.165) is 18.5 Å². The van der Waals surface area contributed by atoms with Crippen LogP contribution in [-0.4, -0.2) is 23.9 Å². The zero-order valence-electron chi connectivity index (χ0n) is 11.6. The van der Waals surface area contributed by atoms with Crippen LogP contribution in [0.3, 0.4) is 0 Å². The molecule has 0 unspecified atom stereocenters. The summed E-state index contributed by atoms with van der Waals surface area (Å²) in [6.45, 7) is 7.93. The van der Waals surface area contributed by atoms with Crippen LogP contribution in [0.2, 0.25) is 0 Å². The van der Waals surface area contributed by atoms with Gasteiger partial charge in [-0.25, -0.2) is 0 Å². The van der Waals surface area contributed by atoms with Crippen molar-refractivity contribution in [1.29, 1.82) is 0 Å². The van der Waals surface area contributed by atoms with Gasteiger partial charge in [0.15, 0.2) is 0 Å². The quantitative estimate of drug-likeness (QED) is 0.840. The summed E-state index contributed by atoms with van der Waals surface area (Å²) in [5.41, 5.74) is 7.92. The van der Waals surface area contributed by atoms with Crippen LogP contribution in [0.25, 0.3) is 0 Å². The van der Waals surface area contributed by atoms with Gasteiger partial charge in [0.2, 0.25) is 5.91 Å². The van der Waals surface area contributed by atoms with E-state index in [1.807, 2.05) is 4.90 Å². The average molecular weight is 248 g/mol. The third kappa shape index (κ3) is 4.15. The fraction of sp³-hybridized carbons (Fsp3) is 0.533. The number of nitrogens with two attached hydrogens (primary N) is 1. The van der Waals surface area contributed by atoms with Gasteiger partial charge in [-0.1, -0.05) is 45.0 Å². The molecule has 0 bridgehead atoms. The molecule has 0 aliphatic heterocycles. The summed E-state index contributed by atoms with van der Waals surface area (Å²) in [6.07, 6.45) is 0.954. The third-order valence-electron chi connectivity index (χ3n) is 3.04. The molecule has 0 saturated heterocycles. The standard InChI is InChI=1S/C15H24N2O/c1-4-9-17(15(18)10-16)11-13-5-7-14(8-6-13)12(2)3/h5-8,12H,4,9-11,16H2,1-3H3. The van der Waals surface area contributed by atoms with Crippen molar-refractivity contribution in [2.75, 3.05) is 13.1 Å². The Kier molecular flexibility index (Phi) is 5.86. The van der Waals surface area contributed by atoms with E-state index in [0.29, 0.717) is 12.5 Å². The number of benzene rings is 1. The highest BCUT2D eigenvalue weighted by Gasteiger charge is 2.11. The average Bonchev–Trinajstić information content (AvgIpc) is 2.38. The Labute approximate surface area is 110 Å². The van der Waals surface area contributed by atoms with Gasteiger partial charge >= 0.3 is 0 Å². The van der Waals surface area contributed by atoms with Crippen molar-refractivity contribution in [3.63, 3.8) is 0 Å². The van der Waals surface area contributed by atoms with Crippen molar-refractivity contribution in [3.05, 3.63) is 35.4 Å². The maximum absolute atomic E-state index is 11.7. The van der Waals surface area contributed by atoms with E-state index in [1.54, 1.807) is 0 Å². The largest absolute Gasteiger partial charge is 0.337 e. The van der Waals surface area contributed by atoms with Gasteiger partial charge in [0.05, 0.1) is 6.54 Å². The highest BCUT2D eigenvalue weighted by molar-refractivity contribution is 5.78. The van der Waals surface area contributed by atoms with Crippen molar-refractivity contribution in [2.24, 2.45) is 5.73 Å². The Morgan fingerprint density at radius 2 is 1.89 bits per heavy atom. The van der Waals surface area contributed by atoms with Crippen LogP contribution in [-0.2, 0) is 11.3 Å². The normalized spacial score (nSPS) is 10.7. The molecule has 0 spiro atoms. The van der Waals surface area contributed by atoms with Crippen LogP contribution >= 0.6 is 0 Å². The SMILES string of the molecule is CCCN(Cc1ccc(C(C)C)cc1)C(=O)CN. The lowest BCUT2D eigenvalue weighted by molar-refractivity contribution is -0.130. The van der Waals surface area contributed by atoms with Crippen LogP contribution < -0.4 is 5.73 Å². The number of carbonyl (C=O) groups excluding carboxylic acids is 1. The molecule has 1 aromatic carbocycles. The van der Waals surface area contributed by atoms with Gasteiger partial charge in [-0.15, -0.1) is 0 Å². The van der Waals surface area contributed by atoms with Gasteiger partial charge in [-0.3, -0.25) is 4.79 Å². The van der Waals surface area contributed by atoms with Crippen molar-refractivity contribution >= 4 is 5.91 Å². The second kappa shape index (κ2) is 7.17. The fourth-order valence-corrected chi connectivity index (χ4v) is 1.92. The summed E-state index contributed by atoms with van der Waals surface area (Å²) >= 11 is 0. The lowest BCUT2D eigenvalue weighted by Gasteiger charge is -2.21. The lowest BCUT2D eigenvalue weighted by atomic mass is 10.0. The molecule has 0 heterocycles. The fourth-order valence-electron chi connectivity index (χ4n) is 1.92. The molecular formula is C15H24N2O. The minimum Gasteiger partial charge on any atom is -0.337 e. The molecule has 100 valence electrons. The van der Waals surface area contributed by atoms with Gasteiger partial charge in [0.25, 0.3) is 0 Å². The summed E-state index contributed by atoms with van der Waals surface area (Å²) in [7, 11) is 0. The monoisotopic (exact) mass is 248 g/mol. The number of amides is 1. The van der Waals surface area contributed by atoms with Gasteiger partial charge in [-0.05, 0) is 23.5 Å². The molecule has 0 atom stereocenters. The molecule has 3 heteroatoms. The molecule has 1 amide bonds. The molecular weight excluding hydrogens is 224 g/mol. The molecule has 0 radical (unpaired) electrons. The molecule has 18 heavy (non-hydrogen) atoms. The number of hydrogen-bond donors (Lipinski definition) is 1. The van der Waals surface area contributed by atoms with Gasteiger partial charge in [-0.2, -0.15) is 0 Å². The van der Waals surface area contributed by atoms with Crippen molar-refractivity contribution in [2.45, 2.75) is 39.7 Å². The first-order valence-electron chi connectivity index (χ1n) is 6.65. The lowest BCUT2D eigenvalue weighted by Crippen LogP contribution is -2.36. The van der Waals surface area contributed by atoms with Crippen LogP contribution in [0, 0.1) is 0 Å². The van der Waals surface area contributed by atoms with E-state index in [1.165, 1.54) is 5.56 Å². The molecule has 3 nitrogen and oxygen atoms in total. The van der Waals surface area contributed by atoms with E-state index in [-0.39, 0.29) is 12.5 Å². The van der Waals surface area contributed by atoms with Crippen LogP contribution in [0.15, 0.2) is 24.3 Å². The second-order valence-electron chi connectivity index (χ2n) is 4.92. The zero-order chi connectivity index (χ0) is 13.5. The number of carbonyl (C=O) groups is 1. The predicted molar refractivity (Wildman–Crippen MR) is 75.3 cm³/mol. The highest BCUT2D eigenvalue weighted by Crippen LogP contribution is 2.15. The molecule has 1 aromatic rings. The van der Waals surface area contributed by atoms with E-state index < -0.39 is 0 Å². The van der Waals surface area contributed by atoms with Crippen molar-refractivity contribution < 1.29 is 4.79 Å². The summed E-state index contributed by atoms with van der Waals surface area (Å²) in [5, 5.41) is 0. The molecule has 0 fully saturated rings. The van der Waals surface area contributed by atoms with E-state index in [9.17, 15) is 4.79 Å². The third-order valence-corrected chi connectivity index (χ3v) is 3.04. The van der Waals surface area contributed by atoms with E-state index >= 15 is 0 Å². The molecule has 1 rings (SSSR count). The predicted octanol–water partition coefficient (Wildman–Crippen LogP) is 2.51. The summed E-state index contributed by atoms with van der Waals surface area (Å²) in [6, 6.07) is 8.47. The first-order valence-corrected chi connectivity index (χ1v) is 6.65. The van der Waals surface area contributed by atoms with Crippen LogP contribution in [0.1, 0.15) is 44.2 Å². The number of hydrogen-bond acceptors (Lipinski definition) is 2. The van der Waals surface area contributed by atoms with Crippen LogP contribution in [0.4, 0.5) is 0 Å². The second-order valence-corrected chi connectivity index (χ2v) is 4.92. The maximum atomic E-state index is 11.7. The maximum Gasteiger partial charge on any atom is 0.236 e. The minimum atomic E-state index is 0.0183. The minimum absolute atomic E-state index is 0.0183. The number of rotatable bonds is 6. The van der Waals surface area contributed by atoms with Crippen molar-refractivity contribution in [1.82, 2.24) is 4.90 Å². The van der Waals surface area contributed by atoms with Crippen molar-refractivity contribution in [3.8, 4) is 0 Å². The highest BCUT2D eigenvalue weighted by atomic mass is 16.2. The van der Waals surface area contributed by atoms with Gasteiger partial charge in [0.1, 0.15) is 0 Å². The summed E-state index contributed by atoms with van der Waals surface area (Å²) < 4.78 is 0. The first kappa shape index (κ1) is 14.7. The van der Waals surface area contributed by atoms with E-state index in [2.05, 4.69) is 45.0 Å². The Hall–Kier alpha value is -1.35. The Bertz CT molecular complexity index is 371. The molecule has 0 aliphatic carbocycles. The smallest absolute Gasteiger partial charge is 0.236 e. The molecule has 0 saturated carbocycles. The molecule has 0 aliphatic rings. The zero-order valence-corrected chi connectivity index (χ0v) is 11.6. The van der Waals surface area contributed by atoms with Crippen LogP contribution in [0.5, 0.6) is 0 Å². The Morgan fingerprint density at radius 3 is 2.33 bits per heavy atom. The Balaban J connectivity index is 2.71. The molecule has 2 N–H and O–H groups in total. The van der Waals surface area contributed by atoms with E-state index in [4.69, 9.17) is 5.73 Å².